The summed E-state index contributed by atoms with van der Waals surface area (Å²) in [7, 11) is 0. The number of amides is 3. The molecule has 3 amide bonds. The van der Waals surface area contributed by atoms with Crippen molar-refractivity contribution in [2.24, 2.45) is 5.92 Å². The van der Waals surface area contributed by atoms with Crippen molar-refractivity contribution in [2.45, 2.75) is 76.2 Å². The van der Waals surface area contributed by atoms with Gasteiger partial charge in [0.1, 0.15) is 23.1 Å². The number of nitrogens with one attached hydrogen (secondary N) is 2. The van der Waals surface area contributed by atoms with Gasteiger partial charge in [0.05, 0.1) is 6.04 Å². The lowest BCUT2D eigenvalue weighted by atomic mass is 9.99. The van der Waals surface area contributed by atoms with Crippen molar-refractivity contribution in [2.75, 3.05) is 5.75 Å². The average molecular weight is 586 g/mol. The average Bonchev–Trinajstić information content (AvgIpc) is 3.36. The molecule has 1 aliphatic heterocycles. The summed E-state index contributed by atoms with van der Waals surface area (Å²) in [4.78, 5) is 53.6. The molecule has 0 spiro atoms. The first-order chi connectivity index (χ1) is 19.3. The van der Waals surface area contributed by atoms with Crippen LogP contribution in [0.1, 0.15) is 51.1 Å². The van der Waals surface area contributed by atoms with E-state index in [0.29, 0.717) is 0 Å². The smallest absolute Gasteiger partial charge is 0.408 e. The first-order valence-electron chi connectivity index (χ1n) is 13.5. The van der Waals surface area contributed by atoms with Gasteiger partial charge in [0.15, 0.2) is 6.10 Å². The molecular formula is C30H39N3O7S. The Hall–Kier alpha value is -3.57. The number of hydrogen-bond donors (Lipinski definition) is 4. The number of alkyl carbamates (subject to hydrolysis) is 1. The van der Waals surface area contributed by atoms with E-state index in [-0.39, 0.29) is 18.1 Å². The number of rotatable bonds is 10. The minimum absolute atomic E-state index is 0.0742. The van der Waals surface area contributed by atoms with E-state index in [0.717, 1.165) is 11.1 Å². The van der Waals surface area contributed by atoms with E-state index in [4.69, 9.17) is 4.74 Å². The number of aliphatic hydroxyl groups excluding tert-OH is 1. The highest BCUT2D eigenvalue weighted by atomic mass is 32.2. The lowest BCUT2D eigenvalue weighted by Crippen LogP contribution is -2.58. The molecule has 5 atom stereocenters. The normalized spacial score (nSPS) is 19.2. The number of aliphatic hydroxyl groups is 1. The maximum absolute atomic E-state index is 14.1. The monoisotopic (exact) mass is 585 g/mol. The van der Waals surface area contributed by atoms with E-state index in [1.807, 2.05) is 36.4 Å². The Morgan fingerprint density at radius 1 is 1.00 bits per heavy atom. The first-order valence-corrected chi connectivity index (χ1v) is 14.6. The summed E-state index contributed by atoms with van der Waals surface area (Å²) in [6.45, 7) is 8.74. The summed E-state index contributed by atoms with van der Waals surface area (Å²) in [5.41, 5.74) is 0.758. The second-order valence-electron chi connectivity index (χ2n) is 11.3. The molecule has 0 radical (unpaired) electrons. The third-order valence-corrected chi connectivity index (χ3v) is 7.83. The third kappa shape index (κ3) is 8.71. The molecule has 2 aromatic carbocycles. The van der Waals surface area contributed by atoms with Crippen LogP contribution < -0.4 is 10.6 Å². The van der Waals surface area contributed by atoms with Gasteiger partial charge in [-0.3, -0.25) is 9.59 Å². The lowest BCUT2D eigenvalue weighted by Gasteiger charge is -2.35. The second kappa shape index (κ2) is 13.9. The van der Waals surface area contributed by atoms with Crippen molar-refractivity contribution in [3.05, 3.63) is 71.8 Å². The number of carboxylic acid groups (broad SMARTS) is 1. The molecule has 222 valence electrons. The van der Waals surface area contributed by atoms with Crippen LogP contribution in [0.5, 0.6) is 0 Å². The predicted octanol–water partition coefficient (Wildman–Crippen LogP) is 3.35. The number of ether oxygens (including phenoxy) is 1. The van der Waals surface area contributed by atoms with Crippen LogP contribution in [0, 0.1) is 5.92 Å². The fraction of sp³-hybridized carbons (Fsp3) is 0.467. The molecule has 2 aromatic rings. The molecule has 0 aromatic heterocycles. The van der Waals surface area contributed by atoms with Crippen LogP contribution in [0.25, 0.3) is 0 Å². The quantitative estimate of drug-likeness (QED) is 0.332. The van der Waals surface area contributed by atoms with Gasteiger partial charge >= 0.3 is 12.1 Å². The highest BCUT2D eigenvalue weighted by Crippen LogP contribution is 2.42. The maximum Gasteiger partial charge on any atom is 0.408 e. The molecule has 0 saturated carbocycles. The summed E-state index contributed by atoms with van der Waals surface area (Å²) in [6.07, 6.45) is -2.54. The van der Waals surface area contributed by atoms with Crippen LogP contribution in [0.15, 0.2) is 60.7 Å². The molecule has 1 aliphatic rings. The molecule has 1 saturated heterocycles. The lowest BCUT2D eigenvalue weighted by molar-refractivity contribution is -0.149. The SMILES string of the molecule is CC(C)[C@H](NC(=O)OC(C)(C)C)C(=O)N1C(c2ccccc2)SC[C@H]1C(=O)N[C@@H](Cc1ccccc1)C(O)C(=O)O. The molecule has 4 N–H and O–H groups in total. The van der Waals surface area contributed by atoms with Gasteiger partial charge in [-0.1, -0.05) is 74.5 Å². The Labute approximate surface area is 244 Å². The molecule has 10 nitrogen and oxygen atoms in total. The zero-order chi connectivity index (χ0) is 30.3. The van der Waals surface area contributed by atoms with Crippen molar-refractivity contribution >= 4 is 35.6 Å². The number of nitrogens with zero attached hydrogens (tertiary/aromatic N) is 1. The van der Waals surface area contributed by atoms with Gasteiger partial charge in [-0.15, -0.1) is 11.8 Å². The molecule has 1 heterocycles. The summed E-state index contributed by atoms with van der Waals surface area (Å²) < 4.78 is 5.39. The zero-order valence-electron chi connectivity index (χ0n) is 23.9. The van der Waals surface area contributed by atoms with Gasteiger partial charge < -0.3 is 30.5 Å². The van der Waals surface area contributed by atoms with Gasteiger partial charge in [-0.05, 0) is 44.2 Å². The third-order valence-electron chi connectivity index (χ3n) is 6.51. The molecule has 3 rings (SSSR count). The van der Waals surface area contributed by atoms with Gasteiger partial charge in [0.25, 0.3) is 0 Å². The molecule has 0 aliphatic carbocycles. The number of benzene rings is 2. The summed E-state index contributed by atoms with van der Waals surface area (Å²) in [5, 5.41) is 24.8. The number of hydrogen-bond acceptors (Lipinski definition) is 7. The molecule has 2 unspecified atom stereocenters. The molecule has 0 bridgehead atoms. The number of aliphatic carboxylic acids is 1. The summed E-state index contributed by atoms with van der Waals surface area (Å²) in [6, 6.07) is 15.0. The van der Waals surface area contributed by atoms with E-state index in [1.54, 1.807) is 58.9 Å². The minimum atomic E-state index is -1.86. The van der Waals surface area contributed by atoms with Crippen LogP contribution in [0.3, 0.4) is 0 Å². The Bertz CT molecular complexity index is 1200. The van der Waals surface area contributed by atoms with Crippen molar-refractivity contribution < 1.29 is 34.1 Å². The standard InChI is InChI=1S/C30H39N3O7S/c1-18(2)23(32-29(39)40-30(3,4)5)26(36)33-22(17-41-27(33)20-14-10-7-11-15-20)25(35)31-21(24(34)28(37)38)16-19-12-8-6-9-13-19/h6-15,18,21-24,27,34H,16-17H2,1-5H3,(H,31,35)(H,32,39)(H,37,38)/t21-,22-,23-,24?,27?/m0/s1. The second-order valence-corrected chi connectivity index (χ2v) is 12.4. The van der Waals surface area contributed by atoms with E-state index < -0.39 is 59.1 Å². The Morgan fingerprint density at radius 2 is 1.59 bits per heavy atom. The Kier molecular flexibility index (Phi) is 10.8. The highest BCUT2D eigenvalue weighted by molar-refractivity contribution is 7.99. The van der Waals surface area contributed by atoms with Gasteiger partial charge in [-0.2, -0.15) is 0 Å². The van der Waals surface area contributed by atoms with Crippen LogP contribution in [-0.4, -0.2) is 74.6 Å². The van der Waals surface area contributed by atoms with Crippen LogP contribution in [0.4, 0.5) is 4.79 Å². The van der Waals surface area contributed by atoms with E-state index in [1.165, 1.54) is 16.7 Å². The van der Waals surface area contributed by atoms with Crippen LogP contribution in [0.2, 0.25) is 0 Å². The fourth-order valence-electron chi connectivity index (χ4n) is 4.52. The van der Waals surface area contributed by atoms with Crippen LogP contribution in [-0.2, 0) is 25.5 Å². The van der Waals surface area contributed by atoms with Gasteiger partial charge in [0.2, 0.25) is 11.8 Å². The zero-order valence-corrected chi connectivity index (χ0v) is 24.8. The maximum atomic E-state index is 14.1. The highest BCUT2D eigenvalue weighted by Gasteiger charge is 2.46. The van der Waals surface area contributed by atoms with Crippen molar-refractivity contribution in [3.8, 4) is 0 Å². The Balaban J connectivity index is 1.92. The van der Waals surface area contributed by atoms with E-state index in [2.05, 4.69) is 10.6 Å². The summed E-state index contributed by atoms with van der Waals surface area (Å²) >= 11 is 1.39. The topological polar surface area (TPSA) is 145 Å². The number of carbonyl (C=O) groups is 4. The largest absolute Gasteiger partial charge is 0.479 e. The number of carboxylic acids is 1. The van der Waals surface area contributed by atoms with E-state index in [9.17, 15) is 29.4 Å². The van der Waals surface area contributed by atoms with Crippen molar-refractivity contribution in [1.82, 2.24) is 15.5 Å². The first kappa shape index (κ1) is 32.0. The minimum Gasteiger partial charge on any atom is -0.479 e. The molecule has 1 fully saturated rings. The van der Waals surface area contributed by atoms with Crippen molar-refractivity contribution in [3.63, 3.8) is 0 Å². The van der Waals surface area contributed by atoms with E-state index >= 15 is 0 Å². The fourth-order valence-corrected chi connectivity index (χ4v) is 5.96. The van der Waals surface area contributed by atoms with Crippen LogP contribution >= 0.6 is 11.8 Å². The van der Waals surface area contributed by atoms with Crippen molar-refractivity contribution in [1.29, 1.82) is 0 Å². The van der Waals surface area contributed by atoms with Gasteiger partial charge in [-0.25, -0.2) is 9.59 Å². The molecule has 41 heavy (non-hydrogen) atoms. The molecule has 11 heteroatoms. The summed E-state index contributed by atoms with van der Waals surface area (Å²) in [5.74, 6) is -2.63. The molecular weight excluding hydrogens is 546 g/mol. The Morgan fingerprint density at radius 3 is 2.12 bits per heavy atom. The number of carbonyl (C=O) groups excluding carboxylic acids is 3. The number of thioether (sulfide) groups is 1. The van der Waals surface area contributed by atoms with Gasteiger partial charge in [0, 0.05) is 5.75 Å². The predicted molar refractivity (Wildman–Crippen MR) is 156 cm³/mol.